The van der Waals surface area contributed by atoms with Crippen LogP contribution < -0.4 is 14.5 Å². The molecule has 2 aliphatic rings. The highest BCUT2D eigenvalue weighted by Gasteiger charge is 2.43. The zero-order valence-electron chi connectivity index (χ0n) is 16.5. The third kappa shape index (κ3) is 3.78. The summed E-state index contributed by atoms with van der Waals surface area (Å²) in [5.74, 6) is 0.629. The van der Waals surface area contributed by atoms with Gasteiger partial charge in [-0.05, 0) is 43.3 Å². The first-order chi connectivity index (χ1) is 14.1. The first kappa shape index (κ1) is 19.3. The maximum absolute atomic E-state index is 13.0. The van der Waals surface area contributed by atoms with Crippen LogP contribution in [0.5, 0.6) is 11.5 Å². The number of carbonyl (C=O) groups is 2. The number of piperazine rings is 1. The molecule has 4 rings (SSSR count). The van der Waals surface area contributed by atoms with E-state index in [1.807, 2.05) is 19.1 Å². The minimum Gasteiger partial charge on any atom is -0.506 e. The van der Waals surface area contributed by atoms with Gasteiger partial charge in [-0.1, -0.05) is 12.1 Å². The topological polar surface area (TPSA) is 73.3 Å². The van der Waals surface area contributed by atoms with Crippen molar-refractivity contribution in [1.82, 2.24) is 4.90 Å². The van der Waals surface area contributed by atoms with E-state index in [0.717, 1.165) is 5.69 Å². The Morgan fingerprint density at radius 3 is 2.34 bits per heavy atom. The van der Waals surface area contributed by atoms with Crippen molar-refractivity contribution in [3.05, 3.63) is 48.5 Å². The fourth-order valence-corrected chi connectivity index (χ4v) is 4.04. The molecular formula is C22H25N3O4. The average Bonchev–Trinajstić information content (AvgIpc) is 3.03. The predicted octanol–water partition coefficient (Wildman–Crippen LogP) is 2.25. The Labute approximate surface area is 170 Å². The van der Waals surface area contributed by atoms with E-state index in [1.165, 1.54) is 4.90 Å². The van der Waals surface area contributed by atoms with Gasteiger partial charge in [-0.25, -0.2) is 4.90 Å². The molecule has 7 nitrogen and oxygen atoms in total. The molecule has 2 saturated heterocycles. The lowest BCUT2D eigenvalue weighted by molar-refractivity contribution is -0.123. The quantitative estimate of drug-likeness (QED) is 0.783. The maximum Gasteiger partial charge on any atom is 0.251 e. The van der Waals surface area contributed by atoms with Gasteiger partial charge < -0.3 is 14.7 Å². The molecule has 2 aliphatic heterocycles. The second-order valence-electron chi connectivity index (χ2n) is 7.23. The molecule has 1 unspecified atom stereocenters. The van der Waals surface area contributed by atoms with Gasteiger partial charge in [0.25, 0.3) is 5.91 Å². The van der Waals surface area contributed by atoms with E-state index < -0.39 is 6.04 Å². The van der Waals surface area contributed by atoms with Gasteiger partial charge >= 0.3 is 0 Å². The van der Waals surface area contributed by atoms with Gasteiger partial charge in [-0.15, -0.1) is 0 Å². The number of hydrogen-bond acceptors (Lipinski definition) is 6. The molecule has 0 spiro atoms. The van der Waals surface area contributed by atoms with E-state index >= 15 is 0 Å². The Kier molecular flexibility index (Phi) is 5.40. The van der Waals surface area contributed by atoms with E-state index in [2.05, 4.69) is 9.80 Å². The van der Waals surface area contributed by atoms with Gasteiger partial charge in [-0.2, -0.15) is 0 Å². The number of carbonyl (C=O) groups excluding carboxylic acids is 2. The molecule has 1 N–H and O–H groups in total. The third-order valence-electron chi connectivity index (χ3n) is 5.51. The summed E-state index contributed by atoms with van der Waals surface area (Å²) in [5.41, 5.74) is 1.38. The number of hydrogen-bond donors (Lipinski definition) is 1. The lowest BCUT2D eigenvalue weighted by Crippen LogP contribution is -2.52. The van der Waals surface area contributed by atoms with Crippen molar-refractivity contribution >= 4 is 23.2 Å². The smallest absolute Gasteiger partial charge is 0.251 e. The highest BCUT2D eigenvalue weighted by molar-refractivity contribution is 6.22. The number of imide groups is 1. The van der Waals surface area contributed by atoms with Gasteiger partial charge in [0.15, 0.2) is 0 Å². The van der Waals surface area contributed by atoms with Crippen LogP contribution in [0.25, 0.3) is 0 Å². The highest BCUT2D eigenvalue weighted by Crippen LogP contribution is 2.30. The van der Waals surface area contributed by atoms with Crippen LogP contribution in [0.15, 0.2) is 48.5 Å². The molecule has 2 aromatic carbocycles. The first-order valence-corrected chi connectivity index (χ1v) is 9.95. The second kappa shape index (κ2) is 8.13. The van der Waals surface area contributed by atoms with Crippen LogP contribution in [0, 0.1) is 0 Å². The minimum absolute atomic E-state index is 0.171. The van der Waals surface area contributed by atoms with Gasteiger partial charge in [0, 0.05) is 26.2 Å². The minimum atomic E-state index is -0.430. The zero-order valence-corrected chi connectivity index (χ0v) is 16.5. The van der Waals surface area contributed by atoms with E-state index in [1.54, 1.807) is 36.4 Å². The molecule has 0 aromatic heterocycles. The average molecular weight is 395 g/mol. The second-order valence-corrected chi connectivity index (χ2v) is 7.23. The molecule has 0 radical (unpaired) electrons. The fourth-order valence-electron chi connectivity index (χ4n) is 4.04. The van der Waals surface area contributed by atoms with Crippen LogP contribution >= 0.6 is 0 Å². The van der Waals surface area contributed by atoms with Crippen LogP contribution in [-0.4, -0.2) is 60.6 Å². The van der Waals surface area contributed by atoms with Crippen LogP contribution in [0.4, 0.5) is 11.4 Å². The van der Waals surface area contributed by atoms with Gasteiger partial charge in [0.1, 0.15) is 11.5 Å². The molecule has 152 valence electrons. The highest BCUT2D eigenvalue weighted by atomic mass is 16.5. The van der Waals surface area contributed by atoms with Crippen molar-refractivity contribution in [2.75, 3.05) is 42.6 Å². The molecule has 7 heteroatoms. The standard InChI is InChI=1S/C22H25N3O4/c1-2-29-17-9-7-16(8-10-17)25-21(27)15-19(22(25)28)24-13-11-23(12-14-24)18-5-3-4-6-20(18)26/h3-10,19,26H,2,11-15H2,1H3. The normalized spacial score (nSPS) is 20.4. The summed E-state index contributed by atoms with van der Waals surface area (Å²) in [4.78, 5) is 31.1. The Morgan fingerprint density at radius 1 is 1.00 bits per heavy atom. The summed E-state index contributed by atoms with van der Waals surface area (Å²) >= 11 is 0. The SMILES string of the molecule is CCOc1ccc(N2C(=O)CC(N3CCN(c4ccccc4O)CC3)C2=O)cc1. The Balaban J connectivity index is 1.42. The molecule has 2 amide bonds. The van der Waals surface area contributed by atoms with Crippen LogP contribution in [-0.2, 0) is 9.59 Å². The Bertz CT molecular complexity index is 891. The zero-order chi connectivity index (χ0) is 20.4. The van der Waals surface area contributed by atoms with Crippen molar-refractivity contribution in [3.63, 3.8) is 0 Å². The number of para-hydroxylation sites is 2. The van der Waals surface area contributed by atoms with Crippen LogP contribution in [0.1, 0.15) is 13.3 Å². The van der Waals surface area contributed by atoms with Crippen LogP contribution in [0.3, 0.4) is 0 Å². The van der Waals surface area contributed by atoms with Crippen molar-refractivity contribution in [2.24, 2.45) is 0 Å². The third-order valence-corrected chi connectivity index (χ3v) is 5.51. The molecule has 2 heterocycles. The number of amides is 2. The lowest BCUT2D eigenvalue weighted by atomic mass is 10.1. The number of nitrogens with zero attached hydrogens (tertiary/aromatic N) is 3. The van der Waals surface area contributed by atoms with Gasteiger partial charge in [0.05, 0.1) is 30.4 Å². The fraction of sp³-hybridized carbons (Fsp3) is 0.364. The molecule has 2 fully saturated rings. The van der Waals surface area contributed by atoms with Crippen molar-refractivity contribution < 1.29 is 19.4 Å². The summed E-state index contributed by atoms with van der Waals surface area (Å²) in [5, 5.41) is 10.1. The van der Waals surface area contributed by atoms with Gasteiger partial charge in [-0.3, -0.25) is 14.5 Å². The number of benzene rings is 2. The van der Waals surface area contributed by atoms with E-state index in [-0.39, 0.29) is 24.0 Å². The number of aromatic hydroxyl groups is 1. The summed E-state index contributed by atoms with van der Waals surface area (Å²) in [6, 6.07) is 13.9. The molecule has 29 heavy (non-hydrogen) atoms. The summed E-state index contributed by atoms with van der Waals surface area (Å²) < 4.78 is 5.43. The number of phenolic OH excluding ortho intramolecular Hbond substituents is 1. The molecule has 2 aromatic rings. The number of phenols is 1. The van der Waals surface area contributed by atoms with E-state index in [4.69, 9.17) is 4.74 Å². The summed E-state index contributed by atoms with van der Waals surface area (Å²) in [6.45, 7) is 5.18. The van der Waals surface area contributed by atoms with Crippen molar-refractivity contribution in [1.29, 1.82) is 0 Å². The predicted molar refractivity (Wildman–Crippen MR) is 110 cm³/mol. The monoisotopic (exact) mass is 395 g/mol. The number of rotatable bonds is 5. The Hall–Kier alpha value is -3.06. The molecule has 0 bridgehead atoms. The van der Waals surface area contributed by atoms with Crippen molar-refractivity contribution in [3.8, 4) is 11.5 Å². The molecule has 0 saturated carbocycles. The van der Waals surface area contributed by atoms with E-state index in [9.17, 15) is 14.7 Å². The van der Waals surface area contributed by atoms with Gasteiger partial charge in [0.2, 0.25) is 5.91 Å². The first-order valence-electron chi connectivity index (χ1n) is 9.95. The number of anilines is 2. The van der Waals surface area contributed by atoms with Crippen LogP contribution in [0.2, 0.25) is 0 Å². The lowest BCUT2D eigenvalue weighted by Gasteiger charge is -2.38. The number of ether oxygens (including phenoxy) is 1. The largest absolute Gasteiger partial charge is 0.506 e. The molecule has 1 atom stereocenters. The molecule has 0 aliphatic carbocycles. The Morgan fingerprint density at radius 2 is 1.69 bits per heavy atom. The summed E-state index contributed by atoms with van der Waals surface area (Å²) in [6.07, 6.45) is 0.197. The maximum atomic E-state index is 13.0. The molecular weight excluding hydrogens is 370 g/mol. The van der Waals surface area contributed by atoms with Crippen molar-refractivity contribution in [2.45, 2.75) is 19.4 Å². The summed E-state index contributed by atoms with van der Waals surface area (Å²) in [7, 11) is 0. The van der Waals surface area contributed by atoms with E-state index in [0.29, 0.717) is 44.2 Å².